The van der Waals surface area contributed by atoms with E-state index in [2.05, 4.69) is 15.6 Å². The van der Waals surface area contributed by atoms with Gasteiger partial charge in [0.05, 0.1) is 32.3 Å². The molecule has 3 aromatic carbocycles. The van der Waals surface area contributed by atoms with E-state index in [0.29, 0.717) is 34.5 Å². The lowest BCUT2D eigenvalue weighted by Crippen LogP contribution is -2.13. The van der Waals surface area contributed by atoms with Crippen LogP contribution in [0.5, 0.6) is 17.2 Å². The number of benzene rings is 3. The number of ether oxygens (including phenoxy) is 3. The van der Waals surface area contributed by atoms with Crippen LogP contribution in [0.2, 0.25) is 0 Å². The maximum absolute atomic E-state index is 12.6. The Balaban J connectivity index is 1.27. The van der Waals surface area contributed by atoms with Crippen molar-refractivity contribution >= 4 is 45.7 Å². The first-order valence-corrected chi connectivity index (χ1v) is 13.6. The van der Waals surface area contributed by atoms with Gasteiger partial charge in [-0.25, -0.2) is 4.98 Å². The first kappa shape index (κ1) is 27.0. The van der Waals surface area contributed by atoms with Crippen molar-refractivity contribution in [2.24, 2.45) is 0 Å². The van der Waals surface area contributed by atoms with Gasteiger partial charge in [0.1, 0.15) is 5.75 Å². The molecule has 0 unspecified atom stereocenters. The Labute approximate surface area is 229 Å². The molecule has 0 aliphatic rings. The number of carbonyl (C=O) groups excluding carboxylic acids is 2. The van der Waals surface area contributed by atoms with Crippen LogP contribution >= 0.6 is 23.1 Å². The molecular weight excluding hydrogens is 522 g/mol. The molecule has 0 aliphatic heterocycles. The molecule has 0 fully saturated rings. The number of aromatic nitrogens is 1. The highest BCUT2D eigenvalue weighted by molar-refractivity contribution is 8.00. The van der Waals surface area contributed by atoms with Gasteiger partial charge in [-0.05, 0) is 73.7 Å². The highest BCUT2D eigenvalue weighted by Gasteiger charge is 2.12. The molecule has 0 saturated heterocycles. The normalized spacial score (nSPS) is 10.5. The second kappa shape index (κ2) is 13.0. The van der Waals surface area contributed by atoms with E-state index < -0.39 is 0 Å². The van der Waals surface area contributed by atoms with Gasteiger partial charge in [-0.3, -0.25) is 9.59 Å². The topological polar surface area (TPSA) is 98.8 Å². The summed E-state index contributed by atoms with van der Waals surface area (Å²) in [7, 11) is 3.06. The minimum Gasteiger partial charge on any atom is -0.494 e. The molecule has 196 valence electrons. The SMILES string of the molecule is CCOc1ccc(-c2csc(NC(=O)CSc3ccc(NC(=O)c4ccc(OC)c(OC)c4)cc3)n2)cc1. The predicted octanol–water partition coefficient (Wildman–Crippen LogP) is 6.21. The molecule has 0 radical (unpaired) electrons. The minimum absolute atomic E-state index is 0.145. The maximum atomic E-state index is 12.6. The molecule has 2 amide bonds. The first-order chi connectivity index (χ1) is 18.5. The van der Waals surface area contributed by atoms with Gasteiger partial charge in [-0.2, -0.15) is 0 Å². The largest absolute Gasteiger partial charge is 0.494 e. The van der Waals surface area contributed by atoms with Crippen molar-refractivity contribution < 1.29 is 23.8 Å². The molecule has 0 atom stereocenters. The summed E-state index contributed by atoms with van der Waals surface area (Å²) in [5, 5.41) is 8.17. The lowest BCUT2D eigenvalue weighted by molar-refractivity contribution is -0.113. The lowest BCUT2D eigenvalue weighted by Gasteiger charge is -2.10. The van der Waals surface area contributed by atoms with E-state index in [4.69, 9.17) is 14.2 Å². The van der Waals surface area contributed by atoms with Crippen molar-refractivity contribution in [3.8, 4) is 28.5 Å². The number of hydrogen-bond donors (Lipinski definition) is 2. The molecule has 8 nitrogen and oxygen atoms in total. The molecule has 1 aromatic heterocycles. The zero-order chi connectivity index (χ0) is 26.9. The maximum Gasteiger partial charge on any atom is 0.255 e. The van der Waals surface area contributed by atoms with Gasteiger partial charge in [-0.1, -0.05) is 0 Å². The van der Waals surface area contributed by atoms with E-state index in [1.165, 1.54) is 30.2 Å². The van der Waals surface area contributed by atoms with Gasteiger partial charge < -0.3 is 24.8 Å². The molecule has 1 heterocycles. The van der Waals surface area contributed by atoms with E-state index in [1.54, 1.807) is 37.4 Å². The van der Waals surface area contributed by atoms with E-state index in [0.717, 1.165) is 21.9 Å². The zero-order valence-electron chi connectivity index (χ0n) is 21.1. The number of hydrogen-bond acceptors (Lipinski definition) is 8. The van der Waals surface area contributed by atoms with Crippen molar-refractivity contribution in [2.45, 2.75) is 11.8 Å². The van der Waals surface area contributed by atoms with Crippen LogP contribution in [0, 0.1) is 0 Å². The average Bonchev–Trinajstić information content (AvgIpc) is 3.41. The first-order valence-electron chi connectivity index (χ1n) is 11.7. The Morgan fingerprint density at radius 3 is 2.34 bits per heavy atom. The van der Waals surface area contributed by atoms with Crippen molar-refractivity contribution in [1.82, 2.24) is 4.98 Å². The molecule has 0 spiro atoms. The number of methoxy groups -OCH3 is 2. The number of nitrogens with one attached hydrogen (secondary N) is 2. The molecule has 4 aromatic rings. The summed E-state index contributed by atoms with van der Waals surface area (Å²) in [4.78, 5) is 30.5. The predicted molar refractivity (Wildman–Crippen MR) is 152 cm³/mol. The summed E-state index contributed by atoms with van der Waals surface area (Å²) in [6.45, 7) is 2.56. The van der Waals surface area contributed by atoms with Gasteiger partial charge >= 0.3 is 0 Å². The molecule has 4 rings (SSSR count). The summed E-state index contributed by atoms with van der Waals surface area (Å²) >= 11 is 2.78. The van der Waals surface area contributed by atoms with Crippen molar-refractivity contribution in [1.29, 1.82) is 0 Å². The number of thioether (sulfide) groups is 1. The Morgan fingerprint density at radius 1 is 0.921 bits per heavy atom. The second-order valence-electron chi connectivity index (χ2n) is 7.88. The van der Waals surface area contributed by atoms with Crippen molar-refractivity contribution in [2.75, 3.05) is 37.2 Å². The number of thiazole rings is 1. The Hall–Kier alpha value is -4.02. The number of carbonyl (C=O) groups is 2. The van der Waals surface area contributed by atoms with Gasteiger partial charge in [0.15, 0.2) is 16.6 Å². The van der Waals surface area contributed by atoms with Gasteiger partial charge in [0.25, 0.3) is 5.91 Å². The minimum atomic E-state index is -0.265. The standard InChI is InChI=1S/C28H27N3O5S2/c1-4-36-21-10-5-18(6-11-21)23-16-38-28(30-23)31-26(32)17-37-22-12-8-20(9-13-22)29-27(33)19-7-14-24(34-2)25(15-19)35-3/h5-16H,4,17H2,1-3H3,(H,29,33)(H,30,31,32). The van der Waals surface area contributed by atoms with Crippen LogP contribution < -0.4 is 24.8 Å². The van der Waals surface area contributed by atoms with E-state index in [1.807, 2.05) is 48.7 Å². The van der Waals surface area contributed by atoms with Crippen molar-refractivity contribution in [3.05, 3.63) is 77.7 Å². The zero-order valence-corrected chi connectivity index (χ0v) is 22.8. The summed E-state index contributed by atoms with van der Waals surface area (Å²) in [6, 6.07) is 20.0. The summed E-state index contributed by atoms with van der Waals surface area (Å²) < 4.78 is 15.9. The Morgan fingerprint density at radius 2 is 1.66 bits per heavy atom. The number of nitrogens with zero attached hydrogens (tertiary/aromatic N) is 1. The highest BCUT2D eigenvalue weighted by Crippen LogP contribution is 2.29. The quantitative estimate of drug-likeness (QED) is 0.215. The molecule has 38 heavy (non-hydrogen) atoms. The fraction of sp³-hybridized carbons (Fsp3) is 0.179. The smallest absolute Gasteiger partial charge is 0.255 e. The van der Waals surface area contributed by atoms with Crippen LogP contribution in [-0.2, 0) is 4.79 Å². The third-order valence-corrected chi connectivity index (χ3v) is 7.11. The summed E-state index contributed by atoms with van der Waals surface area (Å²) in [6.07, 6.45) is 0. The van der Waals surface area contributed by atoms with Gasteiger partial charge in [-0.15, -0.1) is 23.1 Å². The molecule has 0 bridgehead atoms. The third-order valence-electron chi connectivity index (χ3n) is 5.34. The Kier molecular flexibility index (Phi) is 9.23. The van der Waals surface area contributed by atoms with Crippen molar-refractivity contribution in [3.63, 3.8) is 0 Å². The molecule has 10 heteroatoms. The van der Waals surface area contributed by atoms with Gasteiger partial charge in [0.2, 0.25) is 5.91 Å². The van der Waals surface area contributed by atoms with E-state index >= 15 is 0 Å². The van der Waals surface area contributed by atoms with Crippen LogP contribution in [0.15, 0.2) is 77.0 Å². The molecule has 0 aliphatic carbocycles. The van der Waals surface area contributed by atoms with Crippen LogP contribution in [-0.4, -0.2) is 43.4 Å². The Bertz CT molecular complexity index is 1390. The summed E-state index contributed by atoms with van der Waals surface area (Å²) in [5.74, 6) is 1.67. The third kappa shape index (κ3) is 7.05. The molecule has 0 saturated carbocycles. The van der Waals surface area contributed by atoms with Gasteiger partial charge in [0, 0.05) is 27.1 Å². The number of amides is 2. The fourth-order valence-electron chi connectivity index (χ4n) is 3.47. The monoisotopic (exact) mass is 549 g/mol. The lowest BCUT2D eigenvalue weighted by atomic mass is 10.2. The summed E-state index contributed by atoms with van der Waals surface area (Å²) in [5.41, 5.74) is 2.85. The van der Waals surface area contributed by atoms with E-state index in [9.17, 15) is 9.59 Å². The highest BCUT2D eigenvalue weighted by atomic mass is 32.2. The van der Waals surface area contributed by atoms with Crippen LogP contribution in [0.4, 0.5) is 10.8 Å². The molecular formula is C28H27N3O5S2. The molecule has 2 N–H and O–H groups in total. The fourth-order valence-corrected chi connectivity index (χ4v) is 4.91. The van der Waals surface area contributed by atoms with Crippen LogP contribution in [0.1, 0.15) is 17.3 Å². The number of anilines is 2. The second-order valence-corrected chi connectivity index (χ2v) is 9.79. The van der Waals surface area contributed by atoms with E-state index in [-0.39, 0.29) is 17.6 Å². The van der Waals surface area contributed by atoms with Crippen LogP contribution in [0.25, 0.3) is 11.3 Å². The average molecular weight is 550 g/mol. The number of rotatable bonds is 11. The van der Waals surface area contributed by atoms with Crippen LogP contribution in [0.3, 0.4) is 0 Å².